The second-order valence-electron chi connectivity index (χ2n) is 7.87. The van der Waals surface area contributed by atoms with E-state index in [-0.39, 0.29) is 19.1 Å². The number of hydroxylamine groups is 2. The molecule has 0 spiro atoms. The Morgan fingerprint density at radius 1 is 1.29 bits per heavy atom. The van der Waals surface area contributed by atoms with Gasteiger partial charge in [-0.1, -0.05) is 0 Å². The van der Waals surface area contributed by atoms with Crippen LogP contribution in [0.3, 0.4) is 0 Å². The molecule has 15 heteroatoms. The molecule has 3 heterocycles. The average molecular weight is 495 g/mol. The number of nitriles is 1. The van der Waals surface area contributed by atoms with Gasteiger partial charge >= 0.3 is 6.18 Å². The van der Waals surface area contributed by atoms with E-state index in [1.54, 1.807) is 24.0 Å². The van der Waals surface area contributed by atoms with E-state index in [4.69, 9.17) is 10.1 Å². The first-order chi connectivity index (χ1) is 16.6. The number of anilines is 2. The monoisotopic (exact) mass is 495 g/mol. The molecule has 12 nitrogen and oxygen atoms in total. The topological polar surface area (TPSA) is 143 Å². The summed E-state index contributed by atoms with van der Waals surface area (Å²) < 4.78 is 39.5. The molecule has 1 amide bonds. The third-order valence-corrected chi connectivity index (χ3v) is 5.16. The molecule has 1 aliphatic heterocycles. The maximum absolute atomic E-state index is 13.2. The second kappa shape index (κ2) is 11.1. The van der Waals surface area contributed by atoms with Gasteiger partial charge in [-0.15, -0.1) is 0 Å². The van der Waals surface area contributed by atoms with E-state index in [9.17, 15) is 22.8 Å². The molecule has 1 atom stereocenters. The van der Waals surface area contributed by atoms with Gasteiger partial charge < -0.3 is 15.1 Å². The van der Waals surface area contributed by atoms with Gasteiger partial charge in [-0.2, -0.15) is 28.6 Å². The molecule has 35 heavy (non-hydrogen) atoms. The van der Waals surface area contributed by atoms with Gasteiger partial charge in [0, 0.05) is 45.8 Å². The van der Waals surface area contributed by atoms with E-state index < -0.39 is 29.0 Å². The van der Waals surface area contributed by atoms with Crippen LogP contribution in [0.2, 0.25) is 0 Å². The van der Waals surface area contributed by atoms with Crippen LogP contribution in [0.4, 0.5) is 24.8 Å². The number of halogens is 3. The van der Waals surface area contributed by atoms with Gasteiger partial charge in [0.25, 0.3) is 11.5 Å². The van der Waals surface area contributed by atoms with Crippen molar-refractivity contribution in [3.63, 3.8) is 0 Å². The number of hydrogen-bond donors (Lipinski definition) is 2. The van der Waals surface area contributed by atoms with Crippen LogP contribution in [-0.4, -0.2) is 88.5 Å². The van der Waals surface area contributed by atoms with Crippen LogP contribution in [0, 0.1) is 11.3 Å². The lowest BCUT2D eigenvalue weighted by Gasteiger charge is -2.35. The minimum atomic E-state index is -4.84. The predicted octanol–water partition coefficient (Wildman–Crippen LogP) is 0.463. The Balaban J connectivity index is 1.44. The number of carbonyl (C=O) groups is 1. The molecular formula is C20H24F3N9O3. The summed E-state index contributed by atoms with van der Waals surface area (Å²) in [6.07, 6.45) is -1.07. The van der Waals surface area contributed by atoms with E-state index in [2.05, 4.69) is 20.4 Å². The lowest BCUT2D eigenvalue weighted by atomic mass is 10.2. The Kier molecular flexibility index (Phi) is 8.20. The third-order valence-electron chi connectivity index (χ3n) is 5.16. The fraction of sp³-hybridized carbons (Fsp3) is 0.500. The highest BCUT2D eigenvalue weighted by molar-refractivity contribution is 5.77. The third kappa shape index (κ3) is 6.87. The van der Waals surface area contributed by atoms with E-state index in [1.807, 2.05) is 11.0 Å². The van der Waals surface area contributed by atoms with Gasteiger partial charge in [0.1, 0.15) is 18.2 Å². The van der Waals surface area contributed by atoms with Gasteiger partial charge in [-0.25, -0.2) is 15.1 Å². The Hall–Kier alpha value is -3.77. The summed E-state index contributed by atoms with van der Waals surface area (Å²) in [5.41, 5.74) is -2.77. The summed E-state index contributed by atoms with van der Waals surface area (Å²) in [4.78, 5) is 41.4. The molecule has 0 radical (unpaired) electrons. The summed E-state index contributed by atoms with van der Waals surface area (Å²) in [7, 11) is 1.55. The van der Waals surface area contributed by atoms with Crippen molar-refractivity contribution in [1.82, 2.24) is 30.1 Å². The standard InChI is InChI=1S/C20H24F3N9O3/c1-13(28-15-10-27-29-18(34)17(15)20(21,22)23)11-30(2)35-12-16(33)31-3-5-32(6-4-31)19-25-8-14(7-24)9-26-19/h8-10,13H,3-6,11-12H2,1-2H3,(H2,28,29,34)/t13-/m0/s1. The zero-order valence-electron chi connectivity index (χ0n) is 19.0. The number of H-pyrrole nitrogens is 1. The van der Waals surface area contributed by atoms with Crippen molar-refractivity contribution in [1.29, 1.82) is 5.26 Å². The normalized spacial score (nSPS) is 15.1. The van der Waals surface area contributed by atoms with Gasteiger partial charge in [-0.3, -0.25) is 14.4 Å². The van der Waals surface area contributed by atoms with E-state index in [1.165, 1.54) is 17.5 Å². The van der Waals surface area contributed by atoms with Crippen LogP contribution in [0.15, 0.2) is 23.4 Å². The van der Waals surface area contributed by atoms with E-state index in [0.29, 0.717) is 37.7 Å². The van der Waals surface area contributed by atoms with E-state index >= 15 is 0 Å². The minimum Gasteiger partial charge on any atom is -0.379 e. The van der Waals surface area contributed by atoms with Gasteiger partial charge in [-0.05, 0) is 6.92 Å². The number of hydrogen-bond acceptors (Lipinski definition) is 10. The number of nitrogens with one attached hydrogen (secondary N) is 2. The number of alkyl halides is 3. The number of piperazine rings is 1. The van der Waals surface area contributed by atoms with Gasteiger partial charge in [0.15, 0.2) is 0 Å². The number of amides is 1. The van der Waals surface area contributed by atoms with Crippen LogP contribution in [0.25, 0.3) is 0 Å². The Morgan fingerprint density at radius 2 is 1.94 bits per heavy atom. The maximum Gasteiger partial charge on any atom is 0.423 e. The molecule has 0 unspecified atom stereocenters. The minimum absolute atomic E-state index is 0.126. The first-order valence-electron chi connectivity index (χ1n) is 10.6. The summed E-state index contributed by atoms with van der Waals surface area (Å²) in [5.74, 6) is 0.244. The summed E-state index contributed by atoms with van der Waals surface area (Å²) in [5, 5.41) is 18.0. The summed E-state index contributed by atoms with van der Waals surface area (Å²) in [6, 6.07) is 1.40. The Labute approximate surface area is 198 Å². The van der Waals surface area contributed by atoms with Crippen LogP contribution in [-0.2, 0) is 15.8 Å². The molecule has 188 valence electrons. The van der Waals surface area contributed by atoms with Gasteiger partial charge in [0.05, 0.1) is 29.8 Å². The first kappa shape index (κ1) is 25.8. The van der Waals surface area contributed by atoms with Gasteiger partial charge in [0.2, 0.25) is 5.95 Å². The maximum atomic E-state index is 13.2. The summed E-state index contributed by atoms with van der Waals surface area (Å²) in [6.45, 7) is 3.39. The van der Waals surface area contributed by atoms with Crippen molar-refractivity contribution in [2.45, 2.75) is 19.1 Å². The molecule has 2 aromatic rings. The SMILES string of the molecule is C[C@@H](CN(C)OCC(=O)N1CCN(c2ncc(C#N)cn2)CC1)Nc1cn[nH]c(=O)c1C(F)(F)F. The number of aromatic amines is 1. The molecule has 1 saturated heterocycles. The molecular weight excluding hydrogens is 471 g/mol. The first-order valence-corrected chi connectivity index (χ1v) is 10.6. The van der Waals surface area contributed by atoms with E-state index in [0.717, 1.165) is 6.20 Å². The highest BCUT2D eigenvalue weighted by Gasteiger charge is 2.37. The Bertz CT molecular complexity index is 1110. The Morgan fingerprint density at radius 3 is 2.54 bits per heavy atom. The van der Waals surface area contributed by atoms with Crippen molar-refractivity contribution >= 4 is 17.5 Å². The predicted molar refractivity (Wildman–Crippen MR) is 117 cm³/mol. The zero-order chi connectivity index (χ0) is 25.6. The lowest BCUT2D eigenvalue weighted by molar-refractivity contribution is -0.167. The summed E-state index contributed by atoms with van der Waals surface area (Å²) >= 11 is 0. The van der Waals surface area contributed by atoms with Crippen molar-refractivity contribution in [2.75, 3.05) is 56.6 Å². The fourth-order valence-electron chi connectivity index (χ4n) is 3.49. The fourth-order valence-corrected chi connectivity index (χ4v) is 3.49. The van der Waals surface area contributed by atoms with Crippen LogP contribution in [0.1, 0.15) is 18.1 Å². The number of rotatable bonds is 8. The second-order valence-corrected chi connectivity index (χ2v) is 7.87. The molecule has 0 aromatic carbocycles. The van der Waals surface area contributed by atoms with Crippen molar-refractivity contribution < 1.29 is 22.8 Å². The average Bonchev–Trinajstić information content (AvgIpc) is 2.82. The van der Waals surface area contributed by atoms with Crippen LogP contribution < -0.4 is 15.8 Å². The molecule has 3 rings (SSSR count). The molecule has 0 saturated carbocycles. The largest absolute Gasteiger partial charge is 0.423 e. The number of nitrogens with zero attached hydrogens (tertiary/aromatic N) is 7. The molecule has 1 fully saturated rings. The molecule has 0 bridgehead atoms. The smallest absolute Gasteiger partial charge is 0.379 e. The number of aromatic nitrogens is 4. The molecule has 1 aliphatic rings. The number of carbonyl (C=O) groups excluding carboxylic acids is 1. The quantitative estimate of drug-likeness (QED) is 0.496. The molecule has 0 aliphatic carbocycles. The number of likely N-dealkylation sites (N-methyl/N-ethyl adjacent to an activating group) is 1. The molecule has 2 N–H and O–H groups in total. The lowest BCUT2D eigenvalue weighted by Crippen LogP contribution is -2.50. The van der Waals surface area contributed by atoms with Crippen molar-refractivity contribution in [3.8, 4) is 6.07 Å². The highest BCUT2D eigenvalue weighted by Crippen LogP contribution is 2.31. The van der Waals surface area contributed by atoms with Crippen LogP contribution >= 0.6 is 0 Å². The van der Waals surface area contributed by atoms with Crippen molar-refractivity contribution in [3.05, 3.63) is 40.1 Å². The zero-order valence-corrected chi connectivity index (χ0v) is 19.0. The van der Waals surface area contributed by atoms with Crippen LogP contribution in [0.5, 0.6) is 0 Å². The molecule has 2 aromatic heterocycles. The van der Waals surface area contributed by atoms with Crippen molar-refractivity contribution in [2.24, 2.45) is 0 Å². The highest BCUT2D eigenvalue weighted by atomic mass is 19.4.